The molecule has 6 nitrogen and oxygen atoms in total. The van der Waals surface area contributed by atoms with E-state index in [1.165, 1.54) is 6.21 Å². The Hall–Kier alpha value is -0.885. The van der Waals surface area contributed by atoms with E-state index in [1.54, 1.807) is 13.3 Å². The van der Waals surface area contributed by atoms with Gasteiger partial charge in [-0.1, -0.05) is 0 Å². The molecule has 1 rings (SSSR count). The molecule has 0 aromatic rings. The highest BCUT2D eigenvalue weighted by molar-refractivity contribution is 6.60. The zero-order chi connectivity index (χ0) is 15.2. The summed E-state index contributed by atoms with van der Waals surface area (Å²) < 4.78 is 21.7. The van der Waals surface area contributed by atoms with Gasteiger partial charge in [-0.2, -0.15) is 0 Å². The second-order valence-electron chi connectivity index (χ2n) is 5.65. The van der Waals surface area contributed by atoms with E-state index in [-0.39, 0.29) is 6.79 Å². The largest absolute Gasteiger partial charge is 0.497 e. The number of ether oxygens (including phenoxy) is 2. The average Bonchev–Trinajstić information content (AvgIpc) is 2.57. The van der Waals surface area contributed by atoms with E-state index in [2.05, 4.69) is 5.32 Å². The van der Waals surface area contributed by atoms with Gasteiger partial charge in [-0.15, -0.1) is 0 Å². The monoisotopic (exact) mass is 284 g/mol. The number of hydrogen-bond donors (Lipinski definition) is 2. The summed E-state index contributed by atoms with van der Waals surface area (Å²) in [6.45, 7) is 9.38. The minimum atomic E-state index is -0.523. The van der Waals surface area contributed by atoms with Crippen molar-refractivity contribution in [3.63, 3.8) is 0 Å². The lowest BCUT2D eigenvalue weighted by Gasteiger charge is -2.32. The Morgan fingerprint density at radius 1 is 1.25 bits per heavy atom. The maximum Gasteiger partial charge on any atom is 0.497 e. The number of allylic oxidation sites excluding steroid dienone is 1. The van der Waals surface area contributed by atoms with Crippen molar-refractivity contribution in [2.75, 3.05) is 27.1 Å². The van der Waals surface area contributed by atoms with E-state index in [0.29, 0.717) is 18.6 Å². The van der Waals surface area contributed by atoms with Crippen molar-refractivity contribution in [3.8, 4) is 0 Å². The van der Waals surface area contributed by atoms with Gasteiger partial charge in [0.25, 0.3) is 0 Å². The first-order valence-electron chi connectivity index (χ1n) is 6.70. The Balaban J connectivity index is 2.49. The van der Waals surface area contributed by atoms with Crippen molar-refractivity contribution in [3.05, 3.63) is 11.7 Å². The summed E-state index contributed by atoms with van der Waals surface area (Å²) in [6.07, 6.45) is 2.97. The molecule has 0 saturated carbocycles. The highest BCUT2D eigenvalue weighted by atomic mass is 16.7. The molecule has 1 aliphatic rings. The van der Waals surface area contributed by atoms with E-state index >= 15 is 0 Å². The molecule has 0 unspecified atom stereocenters. The summed E-state index contributed by atoms with van der Waals surface area (Å²) in [4.78, 5) is 0. The first-order chi connectivity index (χ1) is 9.34. The van der Waals surface area contributed by atoms with Gasteiger partial charge in [-0.3, -0.25) is 0 Å². The molecule has 20 heavy (non-hydrogen) atoms. The third kappa shape index (κ3) is 4.31. The van der Waals surface area contributed by atoms with Crippen LogP contribution in [0.15, 0.2) is 11.7 Å². The zero-order valence-corrected chi connectivity index (χ0v) is 13.0. The number of hydrogen-bond acceptors (Lipinski definition) is 6. The first-order valence-corrected chi connectivity index (χ1v) is 6.70. The summed E-state index contributed by atoms with van der Waals surface area (Å²) >= 11 is 0. The molecule has 0 spiro atoms. The molecule has 114 valence electrons. The molecule has 0 radical (unpaired) electrons. The van der Waals surface area contributed by atoms with Crippen molar-refractivity contribution < 1.29 is 18.8 Å². The SMILES string of the molecule is COCOCCN/C=C(\C=N)B1OC(C)(C)C(C)(C)O1. The van der Waals surface area contributed by atoms with Gasteiger partial charge in [0.1, 0.15) is 6.79 Å². The fourth-order valence-corrected chi connectivity index (χ4v) is 1.62. The summed E-state index contributed by atoms with van der Waals surface area (Å²) in [6, 6.07) is 0. The van der Waals surface area contributed by atoms with E-state index in [4.69, 9.17) is 24.2 Å². The van der Waals surface area contributed by atoms with Gasteiger partial charge >= 0.3 is 7.12 Å². The minimum Gasteiger partial charge on any atom is -0.399 e. The zero-order valence-electron chi connectivity index (χ0n) is 13.0. The van der Waals surface area contributed by atoms with E-state index in [9.17, 15) is 0 Å². The van der Waals surface area contributed by atoms with Gasteiger partial charge in [0.2, 0.25) is 0 Å². The Labute approximate surface area is 121 Å². The van der Waals surface area contributed by atoms with Gasteiger partial charge in [0, 0.05) is 25.3 Å². The Kier molecular flexibility index (Phi) is 6.19. The molecular weight excluding hydrogens is 259 g/mol. The molecular formula is C13H25BN2O4. The lowest BCUT2D eigenvalue weighted by molar-refractivity contribution is -0.0283. The van der Waals surface area contributed by atoms with Gasteiger partial charge < -0.3 is 29.5 Å². The molecule has 1 fully saturated rings. The maximum atomic E-state index is 7.49. The minimum absolute atomic E-state index is 0.278. The fourth-order valence-electron chi connectivity index (χ4n) is 1.62. The molecule has 0 amide bonds. The second kappa shape index (κ2) is 7.22. The normalized spacial score (nSPS) is 21.1. The standard InChI is InChI=1S/C13H25BN2O4/c1-12(2)13(3,4)20-14(19-12)11(8-15)9-16-6-7-18-10-17-5/h8-9,15-16H,6-7,10H2,1-5H3/b11-9+,15-8?. The lowest BCUT2D eigenvalue weighted by atomic mass is 9.79. The maximum absolute atomic E-state index is 7.49. The molecule has 0 aromatic heterocycles. The van der Waals surface area contributed by atoms with Gasteiger partial charge in [0.15, 0.2) is 0 Å². The summed E-state index contributed by atoms with van der Waals surface area (Å²) in [7, 11) is 1.06. The quantitative estimate of drug-likeness (QED) is 0.305. The molecule has 7 heteroatoms. The molecule has 1 saturated heterocycles. The molecule has 0 aromatic carbocycles. The third-order valence-electron chi connectivity index (χ3n) is 3.55. The molecule has 1 heterocycles. The first kappa shape index (κ1) is 17.2. The lowest BCUT2D eigenvalue weighted by Crippen LogP contribution is -2.41. The van der Waals surface area contributed by atoms with Gasteiger partial charge in [-0.25, -0.2) is 0 Å². The van der Waals surface area contributed by atoms with Gasteiger partial charge in [-0.05, 0) is 33.9 Å². The van der Waals surface area contributed by atoms with E-state index < -0.39 is 18.3 Å². The highest BCUT2D eigenvalue weighted by Gasteiger charge is 2.52. The van der Waals surface area contributed by atoms with Crippen LogP contribution >= 0.6 is 0 Å². The number of methoxy groups -OCH3 is 1. The molecule has 2 N–H and O–H groups in total. The average molecular weight is 284 g/mol. The van der Waals surface area contributed by atoms with Crippen molar-refractivity contribution in [2.24, 2.45) is 0 Å². The smallest absolute Gasteiger partial charge is 0.399 e. The Morgan fingerprint density at radius 3 is 2.35 bits per heavy atom. The third-order valence-corrected chi connectivity index (χ3v) is 3.55. The summed E-state index contributed by atoms with van der Waals surface area (Å²) in [5.74, 6) is 0. The van der Waals surface area contributed by atoms with Crippen molar-refractivity contribution in [1.82, 2.24) is 5.32 Å². The molecule has 0 bridgehead atoms. The summed E-state index contributed by atoms with van der Waals surface area (Å²) in [5.41, 5.74) is -0.154. The van der Waals surface area contributed by atoms with Crippen molar-refractivity contribution >= 4 is 13.3 Å². The highest BCUT2D eigenvalue weighted by Crippen LogP contribution is 2.38. The fraction of sp³-hybridized carbons (Fsp3) is 0.769. The van der Waals surface area contributed by atoms with Crippen molar-refractivity contribution in [2.45, 2.75) is 38.9 Å². The van der Waals surface area contributed by atoms with Crippen LogP contribution in [0.3, 0.4) is 0 Å². The van der Waals surface area contributed by atoms with Crippen LogP contribution in [0.2, 0.25) is 0 Å². The molecule has 0 atom stereocenters. The van der Waals surface area contributed by atoms with Crippen LogP contribution in [-0.2, 0) is 18.8 Å². The summed E-state index contributed by atoms with van der Waals surface area (Å²) in [5, 5.41) is 10.6. The topological polar surface area (TPSA) is 72.8 Å². The van der Waals surface area contributed by atoms with Crippen molar-refractivity contribution in [1.29, 1.82) is 5.41 Å². The molecule has 0 aliphatic carbocycles. The predicted octanol–water partition coefficient (Wildman–Crippen LogP) is 1.36. The Bertz CT molecular complexity index is 342. The van der Waals surface area contributed by atoms with Crippen LogP contribution < -0.4 is 5.32 Å². The van der Waals surface area contributed by atoms with Crippen LogP contribution in [-0.4, -0.2) is 51.6 Å². The van der Waals surface area contributed by atoms with Crippen LogP contribution in [0.5, 0.6) is 0 Å². The van der Waals surface area contributed by atoms with Crippen LogP contribution in [0.25, 0.3) is 0 Å². The van der Waals surface area contributed by atoms with E-state index in [1.807, 2.05) is 27.7 Å². The molecule has 1 aliphatic heterocycles. The second-order valence-corrected chi connectivity index (χ2v) is 5.65. The van der Waals surface area contributed by atoms with Gasteiger partial charge in [0.05, 0.1) is 17.8 Å². The van der Waals surface area contributed by atoms with Crippen LogP contribution in [0.4, 0.5) is 0 Å². The number of rotatable bonds is 8. The van der Waals surface area contributed by atoms with E-state index in [0.717, 1.165) is 0 Å². The predicted molar refractivity (Wildman–Crippen MR) is 78.8 cm³/mol. The number of nitrogens with one attached hydrogen (secondary N) is 2. The Morgan fingerprint density at radius 2 is 1.85 bits per heavy atom. The van der Waals surface area contributed by atoms with Crippen LogP contribution in [0, 0.1) is 5.41 Å². The van der Waals surface area contributed by atoms with Crippen LogP contribution in [0.1, 0.15) is 27.7 Å².